The molecule has 1 aliphatic heterocycles. The lowest BCUT2D eigenvalue weighted by molar-refractivity contribution is -0.141. The molecule has 0 aliphatic carbocycles. The van der Waals surface area contributed by atoms with E-state index in [1.54, 1.807) is 24.3 Å². The predicted molar refractivity (Wildman–Crippen MR) is 144 cm³/mol. The molecule has 0 spiro atoms. The van der Waals surface area contributed by atoms with Crippen molar-refractivity contribution >= 4 is 21.8 Å². The Hall–Kier alpha value is -3.89. The van der Waals surface area contributed by atoms with Crippen molar-refractivity contribution in [3.05, 3.63) is 78.4 Å². The number of nitrogens with one attached hydrogen (secondary N) is 1. The Morgan fingerprint density at radius 2 is 1.53 bits per heavy atom. The highest BCUT2D eigenvalue weighted by molar-refractivity contribution is 7.89. The van der Waals surface area contributed by atoms with Gasteiger partial charge in [-0.3, -0.25) is 10.2 Å². The van der Waals surface area contributed by atoms with Crippen LogP contribution in [0.5, 0.6) is 11.5 Å². The van der Waals surface area contributed by atoms with Gasteiger partial charge in [0.15, 0.2) is 0 Å². The topological polar surface area (TPSA) is 132 Å². The van der Waals surface area contributed by atoms with Gasteiger partial charge >= 0.3 is 5.97 Å². The smallest absolute Gasteiger partial charge is 0.305 e. The molecule has 0 amide bonds. The third-order valence-electron chi connectivity index (χ3n) is 6.63. The summed E-state index contributed by atoms with van der Waals surface area (Å²) in [6.45, 7) is 0.340. The normalized spacial score (nSPS) is 17.6. The highest BCUT2D eigenvalue weighted by Gasteiger charge is 2.41. The minimum Gasteiger partial charge on any atom is -0.497 e. The number of nitrogen functional groups attached to an aromatic ring is 1. The van der Waals surface area contributed by atoms with Crippen molar-refractivity contribution in [1.29, 1.82) is 5.41 Å². The second kappa shape index (κ2) is 11.7. The molecule has 0 saturated carbocycles. The largest absolute Gasteiger partial charge is 0.497 e. The Labute approximate surface area is 222 Å². The van der Waals surface area contributed by atoms with Gasteiger partial charge < -0.3 is 19.9 Å². The minimum absolute atomic E-state index is 0.0177. The van der Waals surface area contributed by atoms with Gasteiger partial charge in [-0.05, 0) is 59.9 Å². The van der Waals surface area contributed by atoms with E-state index in [0.29, 0.717) is 23.5 Å². The molecule has 3 aromatic carbocycles. The minimum atomic E-state index is -3.82. The van der Waals surface area contributed by atoms with Gasteiger partial charge in [-0.25, -0.2) is 8.42 Å². The number of nitrogens with zero attached hydrogens (tertiary/aromatic N) is 1. The first kappa shape index (κ1) is 27.2. The quantitative estimate of drug-likeness (QED) is 0.229. The molecular formula is C28H31N3O6S. The predicted octanol–water partition coefficient (Wildman–Crippen LogP) is 3.67. The molecule has 0 radical (unpaired) electrons. The van der Waals surface area contributed by atoms with E-state index in [1.807, 2.05) is 36.4 Å². The van der Waals surface area contributed by atoms with E-state index < -0.39 is 16.1 Å². The van der Waals surface area contributed by atoms with Crippen LogP contribution in [0.25, 0.3) is 11.1 Å². The first-order valence-corrected chi connectivity index (χ1v) is 13.6. The number of esters is 1. The van der Waals surface area contributed by atoms with Crippen molar-refractivity contribution in [2.24, 2.45) is 11.7 Å². The lowest BCUT2D eigenvalue weighted by Crippen LogP contribution is -2.39. The van der Waals surface area contributed by atoms with Crippen molar-refractivity contribution in [3.8, 4) is 22.6 Å². The summed E-state index contributed by atoms with van der Waals surface area (Å²) >= 11 is 0. The van der Waals surface area contributed by atoms with Crippen LogP contribution in [0.2, 0.25) is 0 Å². The van der Waals surface area contributed by atoms with E-state index in [0.717, 1.165) is 11.1 Å². The standard InChI is InChI=1S/C28H31N3O6S/c1-35-24-11-13-26(14-12-24)38(33,34)31-17-19(16-27(32)36-2)15-23(31)18-37-25-9-7-21(8-10-25)20-3-5-22(6-4-20)28(29)30/h3-14,19,23H,15-18H2,1-2H3,(H3,29,30)/t19-,23-/m0/s1. The number of carbonyl (C=O) groups is 1. The summed E-state index contributed by atoms with van der Waals surface area (Å²) in [5.74, 6) is 0.637. The number of ether oxygens (including phenoxy) is 3. The highest BCUT2D eigenvalue weighted by Crippen LogP contribution is 2.33. The molecule has 1 saturated heterocycles. The second-order valence-corrected chi connectivity index (χ2v) is 11.0. The number of carbonyl (C=O) groups excluding carboxylic acids is 1. The molecule has 10 heteroatoms. The molecule has 1 aliphatic rings. The first-order valence-electron chi connectivity index (χ1n) is 12.1. The molecule has 3 aromatic rings. The van der Waals surface area contributed by atoms with Gasteiger partial charge in [0.2, 0.25) is 10.0 Å². The average molecular weight is 538 g/mol. The number of rotatable bonds is 10. The van der Waals surface area contributed by atoms with Crippen LogP contribution in [0.4, 0.5) is 0 Å². The fraction of sp³-hybridized carbons (Fsp3) is 0.286. The summed E-state index contributed by atoms with van der Waals surface area (Å²) in [5.41, 5.74) is 8.12. The maximum absolute atomic E-state index is 13.5. The van der Waals surface area contributed by atoms with Gasteiger partial charge in [0.05, 0.1) is 25.2 Å². The second-order valence-electron chi connectivity index (χ2n) is 9.11. The maximum Gasteiger partial charge on any atom is 0.305 e. The molecule has 9 nitrogen and oxygen atoms in total. The summed E-state index contributed by atoms with van der Waals surface area (Å²) in [7, 11) is -0.980. The van der Waals surface area contributed by atoms with Gasteiger partial charge in [-0.2, -0.15) is 4.31 Å². The van der Waals surface area contributed by atoms with E-state index in [2.05, 4.69) is 0 Å². The number of amidine groups is 1. The molecule has 1 heterocycles. The molecule has 200 valence electrons. The van der Waals surface area contributed by atoms with E-state index in [-0.39, 0.29) is 42.2 Å². The van der Waals surface area contributed by atoms with Gasteiger partial charge in [0.1, 0.15) is 23.9 Å². The lowest BCUT2D eigenvalue weighted by Gasteiger charge is -2.24. The van der Waals surface area contributed by atoms with Crippen LogP contribution < -0.4 is 15.2 Å². The number of methoxy groups -OCH3 is 2. The summed E-state index contributed by atoms with van der Waals surface area (Å²) < 4.78 is 44.4. The molecule has 1 fully saturated rings. The van der Waals surface area contributed by atoms with Crippen LogP contribution in [0.15, 0.2) is 77.7 Å². The number of hydrogen-bond acceptors (Lipinski definition) is 7. The third-order valence-corrected chi connectivity index (χ3v) is 8.56. The fourth-order valence-electron chi connectivity index (χ4n) is 4.55. The summed E-state index contributed by atoms with van der Waals surface area (Å²) in [5, 5.41) is 7.52. The van der Waals surface area contributed by atoms with Crippen molar-refractivity contribution in [2.75, 3.05) is 27.4 Å². The van der Waals surface area contributed by atoms with Crippen LogP contribution in [-0.2, 0) is 19.6 Å². The van der Waals surface area contributed by atoms with E-state index in [9.17, 15) is 13.2 Å². The average Bonchev–Trinajstić information content (AvgIpc) is 3.35. The Morgan fingerprint density at radius 1 is 0.947 bits per heavy atom. The van der Waals surface area contributed by atoms with E-state index in [4.69, 9.17) is 25.4 Å². The highest BCUT2D eigenvalue weighted by atomic mass is 32.2. The molecule has 0 bridgehead atoms. The van der Waals surface area contributed by atoms with Crippen molar-refractivity contribution < 1.29 is 27.4 Å². The Morgan fingerprint density at radius 3 is 2.08 bits per heavy atom. The molecule has 38 heavy (non-hydrogen) atoms. The Kier molecular flexibility index (Phi) is 8.33. The lowest BCUT2D eigenvalue weighted by atomic mass is 10.0. The number of hydrogen-bond donors (Lipinski definition) is 2. The van der Waals surface area contributed by atoms with E-state index >= 15 is 0 Å². The zero-order chi connectivity index (χ0) is 27.3. The molecule has 2 atom stereocenters. The first-order chi connectivity index (χ1) is 18.2. The van der Waals surface area contributed by atoms with Gasteiger partial charge in [0, 0.05) is 18.5 Å². The molecular weight excluding hydrogens is 506 g/mol. The number of sulfonamides is 1. The molecule has 4 rings (SSSR count). The fourth-order valence-corrected chi connectivity index (χ4v) is 6.25. The van der Waals surface area contributed by atoms with Crippen LogP contribution in [0, 0.1) is 11.3 Å². The van der Waals surface area contributed by atoms with Crippen LogP contribution in [-0.4, -0.2) is 57.9 Å². The van der Waals surface area contributed by atoms with Crippen LogP contribution in [0.1, 0.15) is 18.4 Å². The van der Waals surface area contributed by atoms with Crippen molar-refractivity contribution in [2.45, 2.75) is 23.8 Å². The monoisotopic (exact) mass is 537 g/mol. The molecule has 3 N–H and O–H groups in total. The summed E-state index contributed by atoms with van der Waals surface area (Å²) in [6.07, 6.45) is 0.615. The Balaban J connectivity index is 1.48. The van der Waals surface area contributed by atoms with Gasteiger partial charge in [-0.1, -0.05) is 36.4 Å². The molecule has 0 unspecified atom stereocenters. The molecule has 0 aromatic heterocycles. The van der Waals surface area contributed by atoms with Crippen LogP contribution >= 0.6 is 0 Å². The Bertz CT molecular complexity index is 1370. The van der Waals surface area contributed by atoms with Crippen molar-refractivity contribution in [3.63, 3.8) is 0 Å². The van der Waals surface area contributed by atoms with E-state index in [1.165, 1.54) is 30.7 Å². The van der Waals surface area contributed by atoms with Crippen molar-refractivity contribution in [1.82, 2.24) is 4.31 Å². The third kappa shape index (κ3) is 6.15. The maximum atomic E-state index is 13.5. The summed E-state index contributed by atoms with van der Waals surface area (Å²) in [6, 6.07) is 20.7. The zero-order valence-electron chi connectivity index (χ0n) is 21.3. The number of nitrogens with two attached hydrogens (primary N) is 1. The zero-order valence-corrected chi connectivity index (χ0v) is 22.1. The number of benzene rings is 3. The summed E-state index contributed by atoms with van der Waals surface area (Å²) in [4.78, 5) is 12.1. The van der Waals surface area contributed by atoms with Gasteiger partial charge in [0.25, 0.3) is 0 Å². The van der Waals surface area contributed by atoms with Gasteiger partial charge in [-0.15, -0.1) is 0 Å². The van der Waals surface area contributed by atoms with Crippen LogP contribution in [0.3, 0.4) is 0 Å². The SMILES string of the molecule is COC(=O)C[C@@H]1C[C@@H](COc2ccc(-c3ccc(C(=N)N)cc3)cc2)N(S(=O)(=O)c2ccc(OC)cc2)C1.